The summed E-state index contributed by atoms with van der Waals surface area (Å²) in [6, 6.07) is -1.75. The van der Waals surface area contributed by atoms with Crippen molar-refractivity contribution in [1.82, 2.24) is 25.6 Å². The minimum Gasteiger partial charge on any atom is -0.444 e. The molecule has 1 heterocycles. The summed E-state index contributed by atoms with van der Waals surface area (Å²) in [6.07, 6.45) is -5.03. The van der Waals surface area contributed by atoms with Crippen LogP contribution in [-0.4, -0.2) is 84.5 Å². The molecular formula is C14H24F3N5O4. The highest BCUT2D eigenvalue weighted by atomic mass is 19.4. The van der Waals surface area contributed by atoms with Crippen molar-refractivity contribution in [2.24, 2.45) is 0 Å². The van der Waals surface area contributed by atoms with E-state index in [2.05, 4.69) is 0 Å². The number of carbonyl (C=O) groups is 3. The maximum Gasteiger partial charge on any atom is 0.410 e. The van der Waals surface area contributed by atoms with Crippen LogP contribution in [0.1, 0.15) is 20.8 Å². The van der Waals surface area contributed by atoms with Crippen molar-refractivity contribution in [1.29, 1.82) is 0 Å². The highest BCUT2D eigenvalue weighted by Gasteiger charge is 2.30. The third-order valence-corrected chi connectivity index (χ3v) is 3.21. The predicted molar refractivity (Wildman–Crippen MR) is 85.1 cm³/mol. The quantitative estimate of drug-likeness (QED) is 0.669. The molecule has 0 atom stereocenters. The molecule has 0 unspecified atom stereocenters. The summed E-state index contributed by atoms with van der Waals surface area (Å²) in [7, 11) is 1.22. The summed E-state index contributed by atoms with van der Waals surface area (Å²) in [5.74, 6) is 0. The molecule has 26 heavy (non-hydrogen) atoms. The average molecular weight is 383 g/mol. The van der Waals surface area contributed by atoms with Gasteiger partial charge in [0.2, 0.25) is 0 Å². The molecule has 5 amide bonds. The summed E-state index contributed by atoms with van der Waals surface area (Å²) in [4.78, 5) is 38.3. The van der Waals surface area contributed by atoms with Crippen LogP contribution in [0.15, 0.2) is 0 Å². The summed E-state index contributed by atoms with van der Waals surface area (Å²) < 4.78 is 41.3. The molecule has 1 aliphatic heterocycles. The molecule has 1 fully saturated rings. The second kappa shape index (κ2) is 8.32. The first kappa shape index (κ1) is 21.6. The zero-order chi connectivity index (χ0) is 20.1. The van der Waals surface area contributed by atoms with Crippen molar-refractivity contribution >= 4 is 18.2 Å². The van der Waals surface area contributed by atoms with Gasteiger partial charge in [-0.15, -0.1) is 0 Å². The first-order valence-electron chi connectivity index (χ1n) is 7.90. The fourth-order valence-corrected chi connectivity index (χ4v) is 2.04. The van der Waals surface area contributed by atoms with E-state index in [9.17, 15) is 27.6 Å². The van der Waals surface area contributed by atoms with Gasteiger partial charge in [-0.1, -0.05) is 0 Å². The Morgan fingerprint density at radius 3 is 2.00 bits per heavy atom. The molecule has 0 aromatic rings. The molecule has 0 aromatic heterocycles. The minimum absolute atomic E-state index is 0.203. The van der Waals surface area contributed by atoms with Crippen LogP contribution in [0.2, 0.25) is 0 Å². The molecule has 0 radical (unpaired) electrons. The lowest BCUT2D eigenvalue weighted by atomic mass is 10.2. The summed E-state index contributed by atoms with van der Waals surface area (Å²) >= 11 is 0. The molecule has 0 bridgehead atoms. The number of alkyl halides is 3. The zero-order valence-electron chi connectivity index (χ0n) is 15.1. The number of nitrogens with zero attached hydrogens (tertiary/aromatic N) is 3. The maximum absolute atomic E-state index is 12.2. The van der Waals surface area contributed by atoms with Crippen LogP contribution in [0.25, 0.3) is 0 Å². The second-order valence-corrected chi connectivity index (χ2v) is 6.71. The van der Waals surface area contributed by atoms with Crippen LogP contribution in [0.4, 0.5) is 27.6 Å². The van der Waals surface area contributed by atoms with Gasteiger partial charge >= 0.3 is 24.3 Å². The first-order valence-corrected chi connectivity index (χ1v) is 7.90. The first-order chi connectivity index (χ1) is 11.8. The number of urea groups is 2. The van der Waals surface area contributed by atoms with E-state index >= 15 is 0 Å². The Kier molecular flexibility index (Phi) is 6.93. The number of nitrogens with one attached hydrogen (secondary N) is 2. The van der Waals surface area contributed by atoms with E-state index in [1.807, 2.05) is 5.43 Å². The highest BCUT2D eigenvalue weighted by molar-refractivity contribution is 5.80. The van der Waals surface area contributed by atoms with Gasteiger partial charge < -0.3 is 19.9 Å². The number of halogens is 3. The van der Waals surface area contributed by atoms with Gasteiger partial charge in [-0.3, -0.25) is 0 Å². The Labute approximate surface area is 149 Å². The van der Waals surface area contributed by atoms with E-state index in [4.69, 9.17) is 4.74 Å². The number of hydrazine groups is 1. The van der Waals surface area contributed by atoms with Gasteiger partial charge in [0.25, 0.3) is 0 Å². The second-order valence-electron chi connectivity index (χ2n) is 6.71. The van der Waals surface area contributed by atoms with Crippen LogP contribution < -0.4 is 10.7 Å². The molecule has 0 saturated carbocycles. The Bertz CT molecular complexity index is 528. The standard InChI is InChI=1S/C14H24F3N5O4/c1-13(2,3)26-12(25)22-7-5-21(6-8-22)11(24)20(4)19-10(23)18-9-14(15,16)17/h5-9H2,1-4H3,(H2,18,19,23). The smallest absolute Gasteiger partial charge is 0.410 e. The number of ether oxygens (including phenoxy) is 1. The van der Waals surface area contributed by atoms with Crippen molar-refractivity contribution in [3.8, 4) is 0 Å². The van der Waals surface area contributed by atoms with Crippen LogP contribution in [0.5, 0.6) is 0 Å². The van der Waals surface area contributed by atoms with Crippen LogP contribution in [0, 0.1) is 0 Å². The monoisotopic (exact) mass is 383 g/mol. The Balaban J connectivity index is 2.43. The normalized spacial score (nSPS) is 15.3. The lowest BCUT2D eigenvalue weighted by molar-refractivity contribution is -0.122. The third kappa shape index (κ3) is 7.66. The van der Waals surface area contributed by atoms with Crippen molar-refractivity contribution < 1.29 is 32.3 Å². The lowest BCUT2D eigenvalue weighted by Crippen LogP contribution is -2.58. The van der Waals surface area contributed by atoms with Gasteiger partial charge in [-0.25, -0.2) is 24.8 Å². The SMILES string of the molecule is CN(NC(=O)NCC(F)(F)F)C(=O)N1CCN(C(=O)OC(C)(C)C)CC1. The minimum atomic E-state index is -4.54. The van der Waals surface area contributed by atoms with Gasteiger partial charge in [0.15, 0.2) is 0 Å². The molecule has 0 aliphatic carbocycles. The Hall–Kier alpha value is -2.40. The molecular weight excluding hydrogens is 359 g/mol. The number of hydrogen-bond donors (Lipinski definition) is 2. The molecule has 1 rings (SSSR count). The fraction of sp³-hybridized carbons (Fsp3) is 0.786. The van der Waals surface area contributed by atoms with Crippen LogP contribution >= 0.6 is 0 Å². The van der Waals surface area contributed by atoms with E-state index in [0.717, 1.165) is 5.01 Å². The van der Waals surface area contributed by atoms with Gasteiger partial charge in [0.05, 0.1) is 0 Å². The topological polar surface area (TPSA) is 94.2 Å². The molecule has 12 heteroatoms. The van der Waals surface area contributed by atoms with Crippen molar-refractivity contribution in [3.05, 3.63) is 0 Å². The third-order valence-electron chi connectivity index (χ3n) is 3.21. The van der Waals surface area contributed by atoms with E-state index < -0.39 is 36.5 Å². The van der Waals surface area contributed by atoms with Crippen molar-refractivity contribution in [2.45, 2.75) is 32.5 Å². The summed E-state index contributed by atoms with van der Waals surface area (Å²) in [5.41, 5.74) is 1.37. The van der Waals surface area contributed by atoms with E-state index in [-0.39, 0.29) is 26.2 Å². The molecule has 1 aliphatic rings. The number of rotatable bonds is 1. The molecule has 0 spiro atoms. The lowest BCUT2D eigenvalue weighted by Gasteiger charge is -2.37. The zero-order valence-corrected chi connectivity index (χ0v) is 15.1. The highest BCUT2D eigenvalue weighted by Crippen LogP contribution is 2.13. The maximum atomic E-state index is 12.2. The summed E-state index contributed by atoms with van der Waals surface area (Å²) in [5, 5.41) is 2.38. The number of piperazine rings is 1. The predicted octanol–water partition coefficient (Wildman–Crippen LogP) is 1.37. The van der Waals surface area contributed by atoms with E-state index in [1.165, 1.54) is 16.8 Å². The van der Waals surface area contributed by atoms with Crippen LogP contribution in [0.3, 0.4) is 0 Å². The Morgan fingerprint density at radius 2 is 1.54 bits per heavy atom. The molecule has 1 saturated heterocycles. The summed E-state index contributed by atoms with van der Waals surface area (Å²) in [6.45, 7) is 4.63. The van der Waals surface area contributed by atoms with Crippen molar-refractivity contribution in [2.75, 3.05) is 39.8 Å². The van der Waals surface area contributed by atoms with Crippen LogP contribution in [-0.2, 0) is 4.74 Å². The van der Waals surface area contributed by atoms with E-state index in [0.29, 0.717) is 0 Å². The van der Waals surface area contributed by atoms with Crippen molar-refractivity contribution in [3.63, 3.8) is 0 Å². The largest absolute Gasteiger partial charge is 0.444 e. The molecule has 150 valence electrons. The van der Waals surface area contributed by atoms with Gasteiger partial charge in [0, 0.05) is 33.2 Å². The molecule has 9 nitrogen and oxygen atoms in total. The van der Waals surface area contributed by atoms with E-state index in [1.54, 1.807) is 26.1 Å². The number of carbonyl (C=O) groups excluding carboxylic acids is 3. The van der Waals surface area contributed by atoms with Gasteiger partial charge in [-0.2, -0.15) is 13.2 Å². The fourth-order valence-electron chi connectivity index (χ4n) is 2.04. The molecule has 2 N–H and O–H groups in total. The molecule has 0 aromatic carbocycles. The average Bonchev–Trinajstić information content (AvgIpc) is 2.50. The number of amides is 5. The van der Waals surface area contributed by atoms with Gasteiger partial charge in [-0.05, 0) is 20.8 Å². The van der Waals surface area contributed by atoms with Gasteiger partial charge in [0.1, 0.15) is 12.1 Å². The Morgan fingerprint density at radius 1 is 1.04 bits per heavy atom. The number of hydrogen-bond acceptors (Lipinski definition) is 4.